The molecule has 1 N–H and O–H groups in total. The van der Waals surface area contributed by atoms with Crippen LogP contribution in [0.15, 0.2) is 29.3 Å². The highest BCUT2D eigenvalue weighted by Crippen LogP contribution is 2.18. The summed E-state index contributed by atoms with van der Waals surface area (Å²) in [7, 11) is 2.33. The summed E-state index contributed by atoms with van der Waals surface area (Å²) >= 11 is 0. The zero-order valence-electron chi connectivity index (χ0n) is 15.2. The Morgan fingerprint density at radius 1 is 1.28 bits per heavy atom. The van der Waals surface area contributed by atoms with Gasteiger partial charge in [-0.25, -0.2) is 8.42 Å². The Morgan fingerprint density at radius 3 is 2.56 bits per heavy atom. The predicted molar refractivity (Wildman–Crippen MR) is 112 cm³/mol. The van der Waals surface area contributed by atoms with Crippen molar-refractivity contribution in [2.75, 3.05) is 53.0 Å². The largest absolute Gasteiger partial charge is 0.496 e. The van der Waals surface area contributed by atoms with Gasteiger partial charge in [0.25, 0.3) is 0 Å². The smallest absolute Gasteiger partial charge is 0.193 e. The lowest BCUT2D eigenvalue weighted by atomic mass is 10.2. The van der Waals surface area contributed by atoms with Crippen LogP contribution in [0.5, 0.6) is 5.75 Å². The lowest BCUT2D eigenvalue weighted by Gasteiger charge is -2.23. The van der Waals surface area contributed by atoms with Crippen LogP contribution in [0.2, 0.25) is 0 Å². The Bertz CT molecular complexity index is 638. The van der Waals surface area contributed by atoms with Crippen molar-refractivity contribution in [3.63, 3.8) is 0 Å². The van der Waals surface area contributed by atoms with Crippen molar-refractivity contribution in [1.82, 2.24) is 10.2 Å². The van der Waals surface area contributed by atoms with E-state index in [0.29, 0.717) is 19.7 Å². The fourth-order valence-electron chi connectivity index (χ4n) is 2.10. The Hall–Kier alpha value is -1.07. The maximum absolute atomic E-state index is 11.0. The lowest BCUT2D eigenvalue weighted by Crippen LogP contribution is -2.40. The number of methoxy groups -OCH3 is 1. The van der Waals surface area contributed by atoms with Crippen molar-refractivity contribution in [2.45, 2.75) is 6.54 Å². The number of nitrogens with zero attached hydrogens (tertiary/aromatic N) is 2. The van der Waals surface area contributed by atoms with Gasteiger partial charge in [0.1, 0.15) is 15.6 Å². The van der Waals surface area contributed by atoms with Gasteiger partial charge >= 0.3 is 0 Å². The fourth-order valence-corrected chi connectivity index (χ4v) is 2.52. The van der Waals surface area contributed by atoms with E-state index in [1.54, 1.807) is 14.2 Å². The number of para-hydroxylation sites is 1. The maximum atomic E-state index is 11.0. The number of guanidine groups is 1. The van der Waals surface area contributed by atoms with Gasteiger partial charge in [0.05, 0.1) is 26.1 Å². The third-order valence-corrected chi connectivity index (χ3v) is 4.21. The zero-order valence-corrected chi connectivity index (χ0v) is 18.3. The van der Waals surface area contributed by atoms with E-state index in [1.165, 1.54) is 6.26 Å². The molecule has 0 unspecified atom stereocenters. The van der Waals surface area contributed by atoms with E-state index < -0.39 is 9.84 Å². The third-order valence-electron chi connectivity index (χ3n) is 3.30. The van der Waals surface area contributed by atoms with Crippen molar-refractivity contribution >= 4 is 39.8 Å². The number of hydrogen-bond acceptors (Lipinski definition) is 5. The number of sulfone groups is 1. The van der Waals surface area contributed by atoms with Crippen molar-refractivity contribution in [3.05, 3.63) is 29.8 Å². The molecule has 0 bridgehead atoms. The average Bonchev–Trinajstić information content (AvgIpc) is 2.53. The van der Waals surface area contributed by atoms with Gasteiger partial charge in [0.15, 0.2) is 5.96 Å². The summed E-state index contributed by atoms with van der Waals surface area (Å²) in [5, 5.41) is 3.19. The molecule has 0 heterocycles. The minimum Gasteiger partial charge on any atom is -0.496 e. The molecule has 0 radical (unpaired) electrons. The molecule has 0 saturated heterocycles. The van der Waals surface area contributed by atoms with E-state index >= 15 is 0 Å². The molecular formula is C16H28IN3O4S. The van der Waals surface area contributed by atoms with E-state index in [2.05, 4.69) is 10.3 Å². The summed E-state index contributed by atoms with van der Waals surface area (Å²) < 4.78 is 32.7. The number of ether oxygens (including phenoxy) is 2. The Morgan fingerprint density at radius 2 is 1.96 bits per heavy atom. The minimum atomic E-state index is -2.98. The van der Waals surface area contributed by atoms with Gasteiger partial charge in [-0.15, -0.1) is 24.0 Å². The molecule has 1 aromatic carbocycles. The molecule has 0 aliphatic heterocycles. The Kier molecular flexibility index (Phi) is 11.8. The number of halogens is 1. The SMILES string of the molecule is CN=C(NCCOCCS(C)(=O)=O)N(C)Cc1ccccc1OC.I. The van der Waals surface area contributed by atoms with Gasteiger partial charge in [-0.05, 0) is 6.07 Å². The van der Waals surface area contributed by atoms with Crippen molar-refractivity contribution in [3.8, 4) is 5.75 Å². The number of benzene rings is 1. The van der Waals surface area contributed by atoms with Crippen LogP contribution in [0.3, 0.4) is 0 Å². The zero-order chi connectivity index (χ0) is 18.0. The molecule has 0 saturated carbocycles. The molecule has 0 amide bonds. The normalized spacial score (nSPS) is 11.6. The number of aliphatic imine (C=N–C) groups is 1. The van der Waals surface area contributed by atoms with Gasteiger partial charge in [-0.1, -0.05) is 18.2 Å². The molecule has 0 atom stereocenters. The molecular weight excluding hydrogens is 457 g/mol. The van der Waals surface area contributed by atoms with E-state index in [0.717, 1.165) is 17.3 Å². The highest BCUT2D eigenvalue weighted by atomic mass is 127. The molecule has 0 aromatic heterocycles. The van der Waals surface area contributed by atoms with Crippen LogP contribution in [-0.2, 0) is 21.1 Å². The molecule has 0 aliphatic rings. The second-order valence-electron chi connectivity index (χ2n) is 5.38. The maximum Gasteiger partial charge on any atom is 0.193 e. The Labute approximate surface area is 167 Å². The number of rotatable bonds is 9. The first-order valence-electron chi connectivity index (χ1n) is 7.66. The first-order valence-corrected chi connectivity index (χ1v) is 9.72. The standard InChI is InChI=1S/C16H27N3O4S.HI/c1-17-16(18-9-10-23-11-12-24(4,20)21)19(2)13-14-7-5-6-8-15(14)22-3;/h5-8H,9-13H2,1-4H3,(H,17,18);1H. The van der Waals surface area contributed by atoms with Gasteiger partial charge in [0, 0.05) is 39.0 Å². The molecule has 1 rings (SSSR count). The van der Waals surface area contributed by atoms with Gasteiger partial charge in [-0.2, -0.15) is 0 Å². The van der Waals surface area contributed by atoms with Crippen LogP contribution in [0.25, 0.3) is 0 Å². The molecule has 7 nitrogen and oxygen atoms in total. The first kappa shape index (κ1) is 23.9. The van der Waals surface area contributed by atoms with Crippen LogP contribution in [-0.4, -0.2) is 72.2 Å². The molecule has 0 fully saturated rings. The summed E-state index contributed by atoms with van der Waals surface area (Å²) in [5.74, 6) is 1.60. The van der Waals surface area contributed by atoms with E-state index in [9.17, 15) is 8.42 Å². The number of hydrogen-bond donors (Lipinski definition) is 1. The second kappa shape index (κ2) is 12.3. The summed E-state index contributed by atoms with van der Waals surface area (Å²) in [6.45, 7) is 1.82. The summed E-state index contributed by atoms with van der Waals surface area (Å²) in [5.41, 5.74) is 1.06. The third kappa shape index (κ3) is 9.85. The van der Waals surface area contributed by atoms with E-state index in [-0.39, 0.29) is 36.3 Å². The quantitative estimate of drug-likeness (QED) is 0.247. The molecule has 0 aliphatic carbocycles. The van der Waals surface area contributed by atoms with Crippen LogP contribution in [0, 0.1) is 0 Å². The van der Waals surface area contributed by atoms with Crippen LogP contribution in [0.1, 0.15) is 5.56 Å². The first-order chi connectivity index (χ1) is 11.4. The molecule has 144 valence electrons. The highest BCUT2D eigenvalue weighted by Gasteiger charge is 2.09. The van der Waals surface area contributed by atoms with Gasteiger partial charge in [-0.3, -0.25) is 4.99 Å². The monoisotopic (exact) mass is 485 g/mol. The van der Waals surface area contributed by atoms with E-state index in [1.807, 2.05) is 36.2 Å². The number of nitrogens with one attached hydrogen (secondary N) is 1. The van der Waals surface area contributed by atoms with Crippen molar-refractivity contribution in [2.24, 2.45) is 4.99 Å². The van der Waals surface area contributed by atoms with Crippen LogP contribution < -0.4 is 10.1 Å². The molecule has 9 heteroatoms. The minimum absolute atomic E-state index is 0. The van der Waals surface area contributed by atoms with Crippen molar-refractivity contribution in [1.29, 1.82) is 0 Å². The molecule has 25 heavy (non-hydrogen) atoms. The highest BCUT2D eigenvalue weighted by molar-refractivity contribution is 14.0. The summed E-state index contributed by atoms with van der Waals surface area (Å²) in [6, 6.07) is 7.84. The molecule has 1 aromatic rings. The van der Waals surface area contributed by atoms with Crippen LogP contribution in [0.4, 0.5) is 0 Å². The van der Waals surface area contributed by atoms with Gasteiger partial charge < -0.3 is 19.7 Å². The second-order valence-corrected chi connectivity index (χ2v) is 7.64. The topological polar surface area (TPSA) is 80.2 Å². The predicted octanol–water partition coefficient (Wildman–Crippen LogP) is 1.38. The summed E-state index contributed by atoms with van der Waals surface area (Å²) in [6.07, 6.45) is 1.20. The van der Waals surface area contributed by atoms with Crippen LogP contribution >= 0.6 is 24.0 Å². The van der Waals surface area contributed by atoms with Gasteiger partial charge in [0.2, 0.25) is 0 Å². The van der Waals surface area contributed by atoms with E-state index in [4.69, 9.17) is 9.47 Å². The summed E-state index contributed by atoms with van der Waals surface area (Å²) in [4.78, 5) is 6.22. The lowest BCUT2D eigenvalue weighted by molar-refractivity contribution is 0.153. The Balaban J connectivity index is 0.00000576. The average molecular weight is 485 g/mol. The fraction of sp³-hybridized carbons (Fsp3) is 0.562. The molecule has 0 spiro atoms. The van der Waals surface area contributed by atoms with Crippen molar-refractivity contribution < 1.29 is 17.9 Å².